The number of benzene rings is 1. The van der Waals surface area contributed by atoms with Gasteiger partial charge in [-0.1, -0.05) is 32.9 Å². The Hall–Kier alpha value is -1.02. The standard InChI is InChI=1S/C13H21NO/c1-13(2,3)12(14)9-10-6-5-7-11(8-10)15-4/h5-8,12H,9,14H2,1-4H3. The smallest absolute Gasteiger partial charge is 0.119 e. The van der Waals surface area contributed by atoms with E-state index < -0.39 is 0 Å². The Labute approximate surface area is 92.4 Å². The highest BCUT2D eigenvalue weighted by Crippen LogP contribution is 2.22. The molecule has 0 aliphatic carbocycles. The van der Waals surface area contributed by atoms with Gasteiger partial charge in [0.25, 0.3) is 0 Å². The zero-order valence-corrected chi connectivity index (χ0v) is 10.1. The van der Waals surface area contributed by atoms with Crippen LogP contribution in [0.15, 0.2) is 24.3 Å². The molecule has 0 bridgehead atoms. The molecule has 84 valence electrons. The van der Waals surface area contributed by atoms with E-state index in [0.717, 1.165) is 12.2 Å². The summed E-state index contributed by atoms with van der Waals surface area (Å²) >= 11 is 0. The van der Waals surface area contributed by atoms with Gasteiger partial charge in [0.2, 0.25) is 0 Å². The van der Waals surface area contributed by atoms with E-state index >= 15 is 0 Å². The van der Waals surface area contributed by atoms with Crippen molar-refractivity contribution in [3.05, 3.63) is 29.8 Å². The number of methoxy groups -OCH3 is 1. The molecule has 0 aliphatic rings. The van der Waals surface area contributed by atoms with Crippen LogP contribution in [0, 0.1) is 5.41 Å². The van der Waals surface area contributed by atoms with Crippen LogP contribution in [-0.2, 0) is 6.42 Å². The van der Waals surface area contributed by atoms with Crippen molar-refractivity contribution in [2.24, 2.45) is 11.1 Å². The quantitative estimate of drug-likeness (QED) is 0.827. The summed E-state index contributed by atoms with van der Waals surface area (Å²) in [6.07, 6.45) is 0.890. The Morgan fingerprint density at radius 2 is 2.00 bits per heavy atom. The van der Waals surface area contributed by atoms with Gasteiger partial charge < -0.3 is 10.5 Å². The fourth-order valence-corrected chi connectivity index (χ4v) is 1.36. The maximum Gasteiger partial charge on any atom is 0.119 e. The van der Waals surface area contributed by atoms with Gasteiger partial charge in [0, 0.05) is 6.04 Å². The molecule has 0 aliphatic heterocycles. The lowest BCUT2D eigenvalue weighted by Crippen LogP contribution is -2.36. The SMILES string of the molecule is COc1cccc(CC(N)C(C)(C)C)c1. The van der Waals surface area contributed by atoms with E-state index in [4.69, 9.17) is 10.5 Å². The highest BCUT2D eigenvalue weighted by molar-refractivity contribution is 5.29. The Balaban J connectivity index is 2.72. The van der Waals surface area contributed by atoms with Crippen LogP contribution in [0.4, 0.5) is 0 Å². The lowest BCUT2D eigenvalue weighted by molar-refractivity contribution is 0.318. The summed E-state index contributed by atoms with van der Waals surface area (Å²) < 4.78 is 5.18. The normalized spacial score (nSPS) is 13.7. The van der Waals surface area contributed by atoms with Crippen molar-refractivity contribution in [3.63, 3.8) is 0 Å². The number of nitrogens with two attached hydrogens (primary N) is 1. The number of rotatable bonds is 3. The highest BCUT2D eigenvalue weighted by Gasteiger charge is 2.20. The van der Waals surface area contributed by atoms with Gasteiger partial charge in [-0.3, -0.25) is 0 Å². The molecular weight excluding hydrogens is 186 g/mol. The summed E-state index contributed by atoms with van der Waals surface area (Å²) in [5, 5.41) is 0. The lowest BCUT2D eigenvalue weighted by Gasteiger charge is -2.27. The average Bonchev–Trinajstić information content (AvgIpc) is 2.16. The number of ether oxygens (including phenoxy) is 1. The van der Waals surface area contributed by atoms with Crippen LogP contribution in [0.5, 0.6) is 5.75 Å². The van der Waals surface area contributed by atoms with Crippen molar-refractivity contribution < 1.29 is 4.74 Å². The first-order chi connectivity index (χ1) is 6.93. The summed E-state index contributed by atoms with van der Waals surface area (Å²) in [6.45, 7) is 6.49. The molecular formula is C13H21NO. The molecule has 1 rings (SSSR count). The molecule has 0 amide bonds. The van der Waals surface area contributed by atoms with Crippen LogP contribution in [0.2, 0.25) is 0 Å². The second-order valence-electron chi connectivity index (χ2n) is 5.03. The second kappa shape index (κ2) is 4.67. The molecule has 0 saturated heterocycles. The molecule has 2 N–H and O–H groups in total. The van der Waals surface area contributed by atoms with Crippen LogP contribution in [0.3, 0.4) is 0 Å². The van der Waals surface area contributed by atoms with Crippen LogP contribution in [0.25, 0.3) is 0 Å². The van der Waals surface area contributed by atoms with E-state index in [-0.39, 0.29) is 11.5 Å². The Bertz CT molecular complexity index is 315. The third-order valence-electron chi connectivity index (χ3n) is 2.70. The Morgan fingerprint density at radius 3 is 2.53 bits per heavy atom. The minimum atomic E-state index is 0.142. The molecule has 1 aromatic rings. The first-order valence-corrected chi connectivity index (χ1v) is 5.32. The molecule has 0 fully saturated rings. The Morgan fingerprint density at radius 1 is 1.33 bits per heavy atom. The van der Waals surface area contributed by atoms with Gasteiger partial charge in [-0.2, -0.15) is 0 Å². The van der Waals surface area contributed by atoms with E-state index in [1.54, 1.807) is 7.11 Å². The number of hydrogen-bond donors (Lipinski definition) is 1. The Kier molecular flexibility index (Phi) is 3.75. The highest BCUT2D eigenvalue weighted by atomic mass is 16.5. The molecule has 0 saturated carbocycles. The van der Waals surface area contributed by atoms with Crippen LogP contribution < -0.4 is 10.5 Å². The van der Waals surface area contributed by atoms with Crippen molar-refractivity contribution in [2.75, 3.05) is 7.11 Å². The van der Waals surface area contributed by atoms with Crippen molar-refractivity contribution in [1.82, 2.24) is 0 Å². The van der Waals surface area contributed by atoms with Crippen molar-refractivity contribution >= 4 is 0 Å². The third kappa shape index (κ3) is 3.56. The van der Waals surface area contributed by atoms with Gasteiger partial charge in [-0.05, 0) is 29.5 Å². The first kappa shape index (κ1) is 12.1. The molecule has 2 nitrogen and oxygen atoms in total. The van der Waals surface area contributed by atoms with Gasteiger partial charge in [0.05, 0.1) is 7.11 Å². The van der Waals surface area contributed by atoms with Crippen molar-refractivity contribution in [1.29, 1.82) is 0 Å². The summed E-state index contributed by atoms with van der Waals surface area (Å²) in [5.41, 5.74) is 7.51. The van der Waals surface area contributed by atoms with Crippen LogP contribution in [-0.4, -0.2) is 13.2 Å². The largest absolute Gasteiger partial charge is 0.497 e. The average molecular weight is 207 g/mol. The summed E-state index contributed by atoms with van der Waals surface area (Å²) in [7, 11) is 1.68. The van der Waals surface area contributed by atoms with Gasteiger partial charge >= 0.3 is 0 Å². The molecule has 0 heterocycles. The summed E-state index contributed by atoms with van der Waals surface area (Å²) in [5.74, 6) is 0.897. The molecule has 1 unspecified atom stereocenters. The molecule has 2 heteroatoms. The fourth-order valence-electron chi connectivity index (χ4n) is 1.36. The van der Waals surface area contributed by atoms with E-state index in [1.165, 1.54) is 5.56 Å². The topological polar surface area (TPSA) is 35.2 Å². The number of hydrogen-bond acceptors (Lipinski definition) is 2. The van der Waals surface area contributed by atoms with Crippen molar-refractivity contribution in [3.8, 4) is 5.75 Å². The third-order valence-corrected chi connectivity index (χ3v) is 2.70. The summed E-state index contributed by atoms with van der Waals surface area (Å²) in [4.78, 5) is 0. The molecule has 1 atom stereocenters. The van der Waals surface area contributed by atoms with Crippen molar-refractivity contribution in [2.45, 2.75) is 33.2 Å². The molecule has 0 aromatic heterocycles. The zero-order chi connectivity index (χ0) is 11.5. The van der Waals surface area contributed by atoms with E-state index in [2.05, 4.69) is 26.8 Å². The van der Waals surface area contributed by atoms with Crippen LogP contribution in [0.1, 0.15) is 26.3 Å². The van der Waals surface area contributed by atoms with E-state index in [9.17, 15) is 0 Å². The lowest BCUT2D eigenvalue weighted by atomic mass is 9.84. The fraction of sp³-hybridized carbons (Fsp3) is 0.538. The van der Waals surface area contributed by atoms with Gasteiger partial charge in [-0.15, -0.1) is 0 Å². The maximum atomic E-state index is 6.13. The molecule has 1 aromatic carbocycles. The zero-order valence-electron chi connectivity index (χ0n) is 10.1. The predicted molar refractivity (Wildman–Crippen MR) is 64.1 cm³/mol. The minimum Gasteiger partial charge on any atom is -0.497 e. The van der Waals surface area contributed by atoms with Gasteiger partial charge in [0.1, 0.15) is 5.75 Å². The van der Waals surface area contributed by atoms with Gasteiger partial charge in [-0.25, -0.2) is 0 Å². The summed E-state index contributed by atoms with van der Waals surface area (Å²) in [6, 6.07) is 8.26. The second-order valence-corrected chi connectivity index (χ2v) is 5.03. The predicted octanol–water partition coefficient (Wildman–Crippen LogP) is 2.61. The maximum absolute atomic E-state index is 6.13. The molecule has 0 spiro atoms. The van der Waals surface area contributed by atoms with Crippen LogP contribution >= 0.6 is 0 Å². The minimum absolute atomic E-state index is 0.142. The van der Waals surface area contributed by atoms with E-state index in [1.807, 2.05) is 18.2 Å². The molecule has 0 radical (unpaired) electrons. The van der Waals surface area contributed by atoms with Gasteiger partial charge in [0.15, 0.2) is 0 Å². The van der Waals surface area contributed by atoms with E-state index in [0.29, 0.717) is 0 Å². The molecule has 15 heavy (non-hydrogen) atoms. The monoisotopic (exact) mass is 207 g/mol. The first-order valence-electron chi connectivity index (χ1n) is 5.32.